The van der Waals surface area contributed by atoms with Crippen LogP contribution in [0.5, 0.6) is 0 Å². The standard InChI is InChI=1S/C15H23NO/c1-15(2,3)14-6-5-12-10-16(7-8-17-4)11-13(12)9-14/h5-6,9H,7-8,10-11H2,1-4H3. The molecule has 0 aromatic heterocycles. The zero-order valence-corrected chi connectivity index (χ0v) is 11.4. The minimum absolute atomic E-state index is 0.245. The second-order valence-electron chi connectivity index (χ2n) is 5.94. The van der Waals surface area contributed by atoms with Gasteiger partial charge in [0, 0.05) is 26.7 Å². The van der Waals surface area contributed by atoms with Gasteiger partial charge in [0.1, 0.15) is 0 Å². The van der Waals surface area contributed by atoms with E-state index < -0.39 is 0 Å². The Morgan fingerprint density at radius 3 is 2.53 bits per heavy atom. The van der Waals surface area contributed by atoms with E-state index in [1.165, 1.54) is 16.7 Å². The summed E-state index contributed by atoms with van der Waals surface area (Å²) in [5.41, 5.74) is 4.65. The number of hydrogen-bond acceptors (Lipinski definition) is 2. The molecule has 1 aliphatic heterocycles. The van der Waals surface area contributed by atoms with E-state index in [-0.39, 0.29) is 5.41 Å². The van der Waals surface area contributed by atoms with Gasteiger partial charge in [0.15, 0.2) is 0 Å². The van der Waals surface area contributed by atoms with Crippen LogP contribution >= 0.6 is 0 Å². The van der Waals surface area contributed by atoms with E-state index in [0.29, 0.717) is 0 Å². The first-order chi connectivity index (χ1) is 8.00. The van der Waals surface area contributed by atoms with Crippen LogP contribution in [0.15, 0.2) is 18.2 Å². The molecule has 17 heavy (non-hydrogen) atoms. The molecule has 1 heterocycles. The van der Waals surface area contributed by atoms with Gasteiger partial charge in [-0.05, 0) is 22.1 Å². The molecule has 0 fully saturated rings. The lowest BCUT2D eigenvalue weighted by molar-refractivity contribution is 0.147. The summed E-state index contributed by atoms with van der Waals surface area (Å²) in [5, 5.41) is 0. The van der Waals surface area contributed by atoms with Crippen LogP contribution in [0.25, 0.3) is 0 Å². The van der Waals surface area contributed by atoms with Crippen LogP contribution in [0.4, 0.5) is 0 Å². The molecule has 1 aromatic rings. The number of ether oxygens (including phenoxy) is 1. The molecule has 0 saturated carbocycles. The monoisotopic (exact) mass is 233 g/mol. The van der Waals surface area contributed by atoms with E-state index >= 15 is 0 Å². The molecule has 1 aliphatic rings. The van der Waals surface area contributed by atoms with Crippen molar-refractivity contribution in [3.8, 4) is 0 Å². The van der Waals surface area contributed by atoms with Crippen molar-refractivity contribution in [2.45, 2.75) is 39.3 Å². The summed E-state index contributed by atoms with van der Waals surface area (Å²) in [5.74, 6) is 0. The maximum absolute atomic E-state index is 5.14. The van der Waals surface area contributed by atoms with Crippen molar-refractivity contribution in [1.82, 2.24) is 4.90 Å². The van der Waals surface area contributed by atoms with E-state index in [1.807, 2.05) is 0 Å². The summed E-state index contributed by atoms with van der Waals surface area (Å²) < 4.78 is 5.14. The fourth-order valence-corrected chi connectivity index (χ4v) is 2.31. The average Bonchev–Trinajstić information content (AvgIpc) is 2.66. The first kappa shape index (κ1) is 12.6. The van der Waals surface area contributed by atoms with Crippen molar-refractivity contribution in [3.63, 3.8) is 0 Å². The summed E-state index contributed by atoms with van der Waals surface area (Å²) in [4.78, 5) is 2.45. The van der Waals surface area contributed by atoms with Crippen molar-refractivity contribution in [3.05, 3.63) is 34.9 Å². The second kappa shape index (κ2) is 4.79. The van der Waals surface area contributed by atoms with Crippen molar-refractivity contribution < 1.29 is 4.74 Å². The lowest BCUT2D eigenvalue weighted by Gasteiger charge is -2.19. The number of benzene rings is 1. The Bertz CT molecular complexity index is 392. The normalized spacial score (nSPS) is 16.2. The van der Waals surface area contributed by atoms with Crippen molar-refractivity contribution in [2.75, 3.05) is 20.3 Å². The maximum Gasteiger partial charge on any atom is 0.0589 e. The smallest absolute Gasteiger partial charge is 0.0589 e. The van der Waals surface area contributed by atoms with Gasteiger partial charge in [-0.25, -0.2) is 0 Å². The van der Waals surface area contributed by atoms with Gasteiger partial charge in [0.05, 0.1) is 6.61 Å². The van der Waals surface area contributed by atoms with Crippen LogP contribution in [-0.2, 0) is 23.2 Å². The highest BCUT2D eigenvalue weighted by Gasteiger charge is 2.21. The van der Waals surface area contributed by atoms with Crippen molar-refractivity contribution in [2.24, 2.45) is 0 Å². The Morgan fingerprint density at radius 1 is 1.18 bits per heavy atom. The van der Waals surface area contributed by atoms with Crippen LogP contribution in [0.3, 0.4) is 0 Å². The summed E-state index contributed by atoms with van der Waals surface area (Å²) >= 11 is 0. The zero-order valence-electron chi connectivity index (χ0n) is 11.4. The molecular formula is C15H23NO. The molecule has 0 spiro atoms. The van der Waals surface area contributed by atoms with Gasteiger partial charge in [-0.2, -0.15) is 0 Å². The van der Waals surface area contributed by atoms with E-state index in [0.717, 1.165) is 26.2 Å². The number of rotatable bonds is 3. The third kappa shape index (κ3) is 2.88. The lowest BCUT2D eigenvalue weighted by atomic mass is 9.85. The molecule has 0 bridgehead atoms. The first-order valence-corrected chi connectivity index (χ1v) is 6.34. The Labute approximate surface area is 105 Å². The molecule has 0 unspecified atom stereocenters. The van der Waals surface area contributed by atoms with E-state index in [2.05, 4.69) is 43.9 Å². The molecule has 2 rings (SSSR count). The molecular weight excluding hydrogens is 210 g/mol. The van der Waals surface area contributed by atoms with Gasteiger partial charge >= 0.3 is 0 Å². The first-order valence-electron chi connectivity index (χ1n) is 6.34. The highest BCUT2D eigenvalue weighted by Crippen LogP contribution is 2.29. The van der Waals surface area contributed by atoms with Crippen molar-refractivity contribution in [1.29, 1.82) is 0 Å². The quantitative estimate of drug-likeness (QED) is 0.796. The SMILES string of the molecule is COCCN1Cc2ccc(C(C)(C)C)cc2C1. The van der Waals surface area contributed by atoms with Gasteiger partial charge in [-0.15, -0.1) is 0 Å². The molecule has 0 aliphatic carbocycles. The Kier molecular flexibility index (Phi) is 3.55. The number of hydrogen-bond donors (Lipinski definition) is 0. The zero-order chi connectivity index (χ0) is 12.5. The fraction of sp³-hybridized carbons (Fsp3) is 0.600. The highest BCUT2D eigenvalue weighted by atomic mass is 16.5. The van der Waals surface area contributed by atoms with Crippen LogP contribution < -0.4 is 0 Å². The number of nitrogens with zero attached hydrogens (tertiary/aromatic N) is 1. The van der Waals surface area contributed by atoms with Crippen LogP contribution in [0, 0.1) is 0 Å². The van der Waals surface area contributed by atoms with Gasteiger partial charge in [-0.1, -0.05) is 39.0 Å². The Morgan fingerprint density at radius 2 is 1.88 bits per heavy atom. The maximum atomic E-state index is 5.14. The molecule has 0 amide bonds. The molecule has 2 nitrogen and oxygen atoms in total. The van der Waals surface area contributed by atoms with Gasteiger partial charge < -0.3 is 4.74 Å². The topological polar surface area (TPSA) is 12.5 Å². The van der Waals surface area contributed by atoms with Crippen LogP contribution in [-0.4, -0.2) is 25.2 Å². The predicted molar refractivity (Wildman–Crippen MR) is 71.1 cm³/mol. The molecule has 0 saturated heterocycles. The second-order valence-corrected chi connectivity index (χ2v) is 5.94. The van der Waals surface area contributed by atoms with Gasteiger partial charge in [0.2, 0.25) is 0 Å². The number of fused-ring (bicyclic) bond motifs is 1. The number of methoxy groups -OCH3 is 1. The highest BCUT2D eigenvalue weighted by molar-refractivity contribution is 5.37. The minimum Gasteiger partial charge on any atom is -0.383 e. The molecule has 0 N–H and O–H groups in total. The summed E-state index contributed by atoms with van der Waals surface area (Å²) in [6.45, 7) is 10.8. The average molecular weight is 233 g/mol. The molecule has 2 heteroatoms. The minimum atomic E-state index is 0.245. The van der Waals surface area contributed by atoms with Gasteiger partial charge in [0.25, 0.3) is 0 Å². The summed E-state index contributed by atoms with van der Waals surface area (Å²) in [6.07, 6.45) is 0. The fourth-order valence-electron chi connectivity index (χ4n) is 2.31. The predicted octanol–water partition coefficient (Wildman–Crippen LogP) is 2.95. The van der Waals surface area contributed by atoms with Crippen molar-refractivity contribution >= 4 is 0 Å². The molecule has 94 valence electrons. The largest absolute Gasteiger partial charge is 0.383 e. The third-order valence-corrected chi connectivity index (χ3v) is 3.47. The Balaban J connectivity index is 2.11. The van der Waals surface area contributed by atoms with E-state index in [1.54, 1.807) is 7.11 Å². The summed E-state index contributed by atoms with van der Waals surface area (Å²) in [6, 6.07) is 6.95. The Hall–Kier alpha value is -0.860. The molecule has 1 aromatic carbocycles. The van der Waals surface area contributed by atoms with Crippen LogP contribution in [0.1, 0.15) is 37.5 Å². The molecule has 0 atom stereocenters. The van der Waals surface area contributed by atoms with E-state index in [4.69, 9.17) is 4.74 Å². The van der Waals surface area contributed by atoms with Crippen LogP contribution in [0.2, 0.25) is 0 Å². The lowest BCUT2D eigenvalue weighted by Crippen LogP contribution is -2.21. The van der Waals surface area contributed by atoms with Gasteiger partial charge in [-0.3, -0.25) is 4.90 Å². The van der Waals surface area contributed by atoms with E-state index in [9.17, 15) is 0 Å². The third-order valence-electron chi connectivity index (χ3n) is 3.47. The molecule has 0 radical (unpaired) electrons. The summed E-state index contributed by atoms with van der Waals surface area (Å²) in [7, 11) is 1.76.